The molecule has 0 aromatic heterocycles. The van der Waals surface area contributed by atoms with Crippen molar-refractivity contribution < 1.29 is 8.42 Å². The van der Waals surface area contributed by atoms with E-state index < -0.39 is 10.0 Å². The van der Waals surface area contributed by atoms with E-state index in [4.69, 9.17) is 5.73 Å². The van der Waals surface area contributed by atoms with Crippen molar-refractivity contribution in [2.75, 3.05) is 13.1 Å². The SMILES string of the molecule is CCN(C1(CN)CCCCC1)S(=O)(=O)C1CC1. The first-order valence-electron chi connectivity index (χ1n) is 6.78. The van der Waals surface area contributed by atoms with Crippen molar-refractivity contribution in [2.24, 2.45) is 5.73 Å². The molecule has 2 saturated carbocycles. The van der Waals surface area contributed by atoms with Crippen LogP contribution in [0.4, 0.5) is 0 Å². The van der Waals surface area contributed by atoms with Gasteiger partial charge in [-0.25, -0.2) is 8.42 Å². The quantitative estimate of drug-likeness (QED) is 0.814. The zero-order valence-corrected chi connectivity index (χ0v) is 11.5. The van der Waals surface area contributed by atoms with Crippen molar-refractivity contribution in [3.8, 4) is 0 Å². The molecule has 0 spiro atoms. The van der Waals surface area contributed by atoms with Crippen LogP contribution in [0.25, 0.3) is 0 Å². The third-order valence-corrected chi connectivity index (χ3v) is 6.81. The van der Waals surface area contributed by atoms with Gasteiger partial charge in [-0.15, -0.1) is 0 Å². The molecule has 0 aromatic carbocycles. The molecule has 0 radical (unpaired) electrons. The maximum Gasteiger partial charge on any atom is 0.217 e. The Morgan fingerprint density at radius 1 is 1.24 bits per heavy atom. The second-order valence-electron chi connectivity index (χ2n) is 5.40. The summed E-state index contributed by atoms with van der Waals surface area (Å²) in [6.45, 7) is 2.97. The third-order valence-electron chi connectivity index (χ3n) is 4.23. The maximum absolute atomic E-state index is 12.5. The highest BCUT2D eigenvalue weighted by Gasteiger charge is 2.48. The highest BCUT2D eigenvalue weighted by Crippen LogP contribution is 2.39. The van der Waals surface area contributed by atoms with Crippen LogP contribution >= 0.6 is 0 Å². The second kappa shape index (κ2) is 4.86. The van der Waals surface area contributed by atoms with E-state index in [1.165, 1.54) is 6.42 Å². The van der Waals surface area contributed by atoms with Crippen molar-refractivity contribution in [3.05, 3.63) is 0 Å². The van der Waals surface area contributed by atoms with E-state index in [9.17, 15) is 8.42 Å². The minimum Gasteiger partial charge on any atom is -0.329 e. The maximum atomic E-state index is 12.5. The van der Waals surface area contributed by atoms with Crippen LogP contribution in [-0.4, -0.2) is 36.6 Å². The van der Waals surface area contributed by atoms with Gasteiger partial charge in [-0.2, -0.15) is 4.31 Å². The molecule has 0 bridgehead atoms. The molecule has 2 aliphatic carbocycles. The highest BCUT2D eigenvalue weighted by molar-refractivity contribution is 7.90. The molecular formula is C12H24N2O2S. The summed E-state index contributed by atoms with van der Waals surface area (Å²) in [4.78, 5) is 0. The molecule has 0 amide bonds. The number of nitrogens with two attached hydrogens (primary N) is 1. The fraction of sp³-hybridized carbons (Fsp3) is 1.00. The molecule has 2 fully saturated rings. The average molecular weight is 260 g/mol. The van der Waals surface area contributed by atoms with Crippen molar-refractivity contribution >= 4 is 10.0 Å². The van der Waals surface area contributed by atoms with Crippen LogP contribution < -0.4 is 5.73 Å². The number of nitrogens with zero attached hydrogens (tertiary/aromatic N) is 1. The number of hydrogen-bond donors (Lipinski definition) is 1. The van der Waals surface area contributed by atoms with Crippen molar-refractivity contribution in [2.45, 2.75) is 62.7 Å². The Kier molecular flexibility index (Phi) is 3.80. The summed E-state index contributed by atoms with van der Waals surface area (Å²) in [6, 6.07) is 0. The monoisotopic (exact) mass is 260 g/mol. The molecule has 0 saturated heterocycles. The molecule has 17 heavy (non-hydrogen) atoms. The Bertz CT molecular complexity index is 357. The zero-order chi connectivity index (χ0) is 12.5. The van der Waals surface area contributed by atoms with Gasteiger partial charge in [0.25, 0.3) is 0 Å². The van der Waals surface area contributed by atoms with E-state index in [-0.39, 0.29) is 10.8 Å². The molecule has 0 unspecified atom stereocenters. The predicted molar refractivity (Wildman–Crippen MR) is 69.2 cm³/mol. The summed E-state index contributed by atoms with van der Waals surface area (Å²) >= 11 is 0. The standard InChI is InChI=1S/C12H24N2O2S/c1-2-14(17(15,16)11-6-7-11)12(10-13)8-4-3-5-9-12/h11H,2-10,13H2,1H3. The van der Waals surface area contributed by atoms with Gasteiger partial charge in [0, 0.05) is 18.6 Å². The van der Waals surface area contributed by atoms with Gasteiger partial charge in [0.05, 0.1) is 5.25 Å². The topological polar surface area (TPSA) is 63.4 Å². The minimum atomic E-state index is -3.09. The Morgan fingerprint density at radius 3 is 2.24 bits per heavy atom. The van der Waals surface area contributed by atoms with Gasteiger partial charge in [-0.05, 0) is 25.7 Å². The average Bonchev–Trinajstić information content (AvgIpc) is 3.15. The van der Waals surface area contributed by atoms with Crippen molar-refractivity contribution in [1.82, 2.24) is 4.31 Å². The number of sulfonamides is 1. The van der Waals surface area contributed by atoms with Crippen LogP contribution in [0.2, 0.25) is 0 Å². The molecule has 100 valence electrons. The molecule has 0 aromatic rings. The third kappa shape index (κ3) is 2.37. The van der Waals surface area contributed by atoms with E-state index in [1.54, 1.807) is 4.31 Å². The number of rotatable bonds is 5. The van der Waals surface area contributed by atoms with Crippen molar-refractivity contribution in [3.63, 3.8) is 0 Å². The Balaban J connectivity index is 2.26. The fourth-order valence-corrected chi connectivity index (χ4v) is 5.34. The van der Waals surface area contributed by atoms with Crippen LogP contribution in [0.15, 0.2) is 0 Å². The molecule has 4 nitrogen and oxygen atoms in total. The summed E-state index contributed by atoms with van der Waals surface area (Å²) in [5.74, 6) is 0. The van der Waals surface area contributed by atoms with Crippen LogP contribution in [0.1, 0.15) is 51.9 Å². The van der Waals surface area contributed by atoms with Gasteiger partial charge in [0.15, 0.2) is 0 Å². The molecule has 0 aliphatic heterocycles. The second-order valence-corrected chi connectivity index (χ2v) is 7.54. The largest absolute Gasteiger partial charge is 0.329 e. The van der Waals surface area contributed by atoms with E-state index >= 15 is 0 Å². The molecule has 5 heteroatoms. The molecular weight excluding hydrogens is 236 g/mol. The zero-order valence-electron chi connectivity index (χ0n) is 10.7. The first-order valence-corrected chi connectivity index (χ1v) is 8.29. The molecule has 2 N–H and O–H groups in total. The molecule has 2 aliphatic rings. The van der Waals surface area contributed by atoms with Gasteiger partial charge in [-0.3, -0.25) is 0 Å². The molecule has 0 atom stereocenters. The Morgan fingerprint density at radius 2 is 1.82 bits per heavy atom. The summed E-state index contributed by atoms with van der Waals surface area (Å²) in [5.41, 5.74) is 5.64. The van der Waals surface area contributed by atoms with Crippen LogP contribution in [0, 0.1) is 0 Å². The van der Waals surface area contributed by atoms with E-state index in [0.29, 0.717) is 13.1 Å². The number of hydrogen-bond acceptors (Lipinski definition) is 3. The van der Waals surface area contributed by atoms with Crippen LogP contribution in [0.5, 0.6) is 0 Å². The van der Waals surface area contributed by atoms with Gasteiger partial charge >= 0.3 is 0 Å². The lowest BCUT2D eigenvalue weighted by molar-refractivity contribution is 0.141. The summed E-state index contributed by atoms with van der Waals surface area (Å²) in [7, 11) is -3.09. The lowest BCUT2D eigenvalue weighted by atomic mass is 9.81. The predicted octanol–water partition coefficient (Wildman–Crippen LogP) is 1.46. The minimum absolute atomic E-state index is 0.118. The normalized spacial score (nSPS) is 25.1. The molecule has 2 rings (SSSR count). The lowest BCUT2D eigenvalue weighted by Gasteiger charge is -2.44. The summed E-state index contributed by atoms with van der Waals surface area (Å²) < 4.78 is 26.6. The molecule has 0 heterocycles. The van der Waals surface area contributed by atoms with Crippen LogP contribution in [0.3, 0.4) is 0 Å². The van der Waals surface area contributed by atoms with Gasteiger partial charge in [0.2, 0.25) is 10.0 Å². The first-order chi connectivity index (χ1) is 8.07. The van der Waals surface area contributed by atoms with Crippen LogP contribution in [-0.2, 0) is 10.0 Å². The smallest absolute Gasteiger partial charge is 0.217 e. The summed E-state index contributed by atoms with van der Waals surface area (Å²) in [5, 5.41) is -0.118. The number of likely N-dealkylation sites (N-methyl/N-ethyl adjacent to an activating group) is 1. The first kappa shape index (κ1) is 13.3. The van der Waals surface area contributed by atoms with E-state index in [1.807, 2.05) is 6.92 Å². The van der Waals surface area contributed by atoms with Crippen molar-refractivity contribution in [1.29, 1.82) is 0 Å². The van der Waals surface area contributed by atoms with Gasteiger partial charge in [0.1, 0.15) is 0 Å². The van der Waals surface area contributed by atoms with Gasteiger partial charge in [-0.1, -0.05) is 26.2 Å². The van der Waals surface area contributed by atoms with E-state index in [0.717, 1.165) is 38.5 Å². The van der Waals surface area contributed by atoms with Gasteiger partial charge < -0.3 is 5.73 Å². The van der Waals surface area contributed by atoms with E-state index in [2.05, 4.69) is 0 Å². The highest BCUT2D eigenvalue weighted by atomic mass is 32.2. The fourth-order valence-electron chi connectivity index (χ4n) is 3.10. The summed E-state index contributed by atoms with van der Waals surface area (Å²) in [6.07, 6.45) is 6.95. The Hall–Kier alpha value is -0.130. The Labute approximate surface area is 105 Å². The lowest BCUT2D eigenvalue weighted by Crippen LogP contribution is -2.57.